The van der Waals surface area contributed by atoms with Crippen molar-refractivity contribution in [2.24, 2.45) is 0 Å². The second-order valence-electron chi connectivity index (χ2n) is 5.45. The summed E-state index contributed by atoms with van der Waals surface area (Å²) >= 11 is 2.03. The molecule has 2 aliphatic rings. The molecule has 0 amide bonds. The maximum atomic E-state index is 3.63. The van der Waals surface area contributed by atoms with Crippen molar-refractivity contribution in [2.45, 2.75) is 43.4 Å². The van der Waals surface area contributed by atoms with E-state index in [4.69, 9.17) is 0 Å². The summed E-state index contributed by atoms with van der Waals surface area (Å²) in [4.78, 5) is 0. The van der Waals surface area contributed by atoms with Crippen LogP contribution < -0.4 is 5.32 Å². The summed E-state index contributed by atoms with van der Waals surface area (Å²) in [5.41, 5.74) is 4.63. The van der Waals surface area contributed by atoms with E-state index < -0.39 is 0 Å². The standard InChI is InChI=1S/C15H21NS/c1-17-15(7-8-15)11-16-10-12-5-6-13-3-2-4-14(13)9-12/h5-6,9,16H,2-4,7-8,10-11H2,1H3. The molecule has 3 rings (SSSR count). The van der Waals surface area contributed by atoms with Gasteiger partial charge in [0.05, 0.1) is 0 Å². The molecule has 1 aromatic rings. The van der Waals surface area contributed by atoms with Gasteiger partial charge >= 0.3 is 0 Å². The van der Waals surface area contributed by atoms with Gasteiger partial charge in [-0.05, 0) is 55.1 Å². The molecule has 2 heteroatoms. The molecular formula is C15H21NS. The summed E-state index contributed by atoms with van der Waals surface area (Å²) in [6.45, 7) is 2.21. The number of rotatable bonds is 5. The van der Waals surface area contributed by atoms with E-state index in [1.807, 2.05) is 11.8 Å². The molecule has 1 N–H and O–H groups in total. The van der Waals surface area contributed by atoms with Crippen LogP contribution >= 0.6 is 11.8 Å². The van der Waals surface area contributed by atoms with Crippen LogP contribution in [0.15, 0.2) is 18.2 Å². The Hall–Kier alpha value is -0.470. The fourth-order valence-corrected chi connectivity index (χ4v) is 3.52. The zero-order valence-electron chi connectivity index (χ0n) is 10.6. The summed E-state index contributed by atoms with van der Waals surface area (Å²) in [6, 6.07) is 7.05. The Labute approximate surface area is 108 Å². The van der Waals surface area contributed by atoms with Crippen molar-refractivity contribution in [3.63, 3.8) is 0 Å². The molecule has 0 aliphatic heterocycles. The smallest absolute Gasteiger partial charge is 0.0282 e. The van der Waals surface area contributed by atoms with E-state index in [1.54, 1.807) is 11.1 Å². The highest BCUT2D eigenvalue weighted by atomic mass is 32.2. The van der Waals surface area contributed by atoms with Crippen LogP contribution in [-0.2, 0) is 19.4 Å². The van der Waals surface area contributed by atoms with E-state index in [0.717, 1.165) is 6.54 Å². The number of aryl methyl sites for hydroxylation is 2. The van der Waals surface area contributed by atoms with Gasteiger partial charge in [0.15, 0.2) is 0 Å². The SMILES string of the molecule is CSC1(CNCc2ccc3c(c2)CCC3)CC1. The van der Waals surface area contributed by atoms with Gasteiger partial charge in [0.25, 0.3) is 0 Å². The third-order valence-electron chi connectivity index (χ3n) is 4.18. The van der Waals surface area contributed by atoms with Crippen molar-refractivity contribution in [1.82, 2.24) is 5.32 Å². The molecule has 0 heterocycles. The molecular weight excluding hydrogens is 226 g/mol. The van der Waals surface area contributed by atoms with E-state index >= 15 is 0 Å². The lowest BCUT2D eigenvalue weighted by Gasteiger charge is -2.13. The average Bonchev–Trinajstić information content (AvgIpc) is 2.98. The molecule has 1 aromatic carbocycles. The first-order chi connectivity index (χ1) is 8.31. The van der Waals surface area contributed by atoms with Crippen molar-refractivity contribution in [2.75, 3.05) is 12.8 Å². The number of benzene rings is 1. The summed E-state index contributed by atoms with van der Waals surface area (Å²) < 4.78 is 0.580. The maximum absolute atomic E-state index is 3.63. The van der Waals surface area contributed by atoms with Gasteiger partial charge in [-0.15, -0.1) is 0 Å². The van der Waals surface area contributed by atoms with E-state index in [9.17, 15) is 0 Å². The van der Waals surface area contributed by atoms with E-state index in [1.165, 1.54) is 44.2 Å². The number of nitrogens with one attached hydrogen (secondary N) is 1. The minimum absolute atomic E-state index is 0.580. The molecule has 0 aromatic heterocycles. The summed E-state index contributed by atoms with van der Waals surface area (Å²) in [5.74, 6) is 0. The van der Waals surface area contributed by atoms with Gasteiger partial charge in [-0.2, -0.15) is 11.8 Å². The van der Waals surface area contributed by atoms with Crippen LogP contribution in [0, 0.1) is 0 Å². The van der Waals surface area contributed by atoms with Crippen LogP contribution in [0.25, 0.3) is 0 Å². The Morgan fingerprint density at radius 3 is 2.82 bits per heavy atom. The number of fused-ring (bicyclic) bond motifs is 1. The quantitative estimate of drug-likeness (QED) is 0.858. The normalized spacial score (nSPS) is 20.3. The molecule has 0 atom stereocenters. The molecule has 0 radical (unpaired) electrons. The van der Waals surface area contributed by atoms with Gasteiger partial charge in [0.2, 0.25) is 0 Å². The fourth-order valence-electron chi connectivity index (χ4n) is 2.76. The second-order valence-corrected chi connectivity index (χ2v) is 6.72. The maximum Gasteiger partial charge on any atom is 0.0282 e. The van der Waals surface area contributed by atoms with Crippen molar-refractivity contribution in [3.05, 3.63) is 34.9 Å². The Morgan fingerprint density at radius 1 is 1.24 bits per heavy atom. The van der Waals surface area contributed by atoms with Crippen LogP contribution in [0.2, 0.25) is 0 Å². The van der Waals surface area contributed by atoms with E-state index in [-0.39, 0.29) is 0 Å². The molecule has 1 fully saturated rings. The first-order valence-corrected chi connectivity index (χ1v) is 7.90. The van der Waals surface area contributed by atoms with Crippen LogP contribution in [0.4, 0.5) is 0 Å². The first-order valence-electron chi connectivity index (χ1n) is 6.68. The van der Waals surface area contributed by atoms with Gasteiger partial charge in [0, 0.05) is 17.8 Å². The van der Waals surface area contributed by atoms with E-state index in [0.29, 0.717) is 4.75 Å². The van der Waals surface area contributed by atoms with Crippen LogP contribution in [0.1, 0.15) is 36.0 Å². The summed E-state index contributed by atoms with van der Waals surface area (Å²) in [5, 5.41) is 3.63. The van der Waals surface area contributed by atoms with Crippen molar-refractivity contribution in [1.29, 1.82) is 0 Å². The van der Waals surface area contributed by atoms with Crippen molar-refractivity contribution < 1.29 is 0 Å². The molecule has 0 unspecified atom stereocenters. The predicted molar refractivity (Wildman–Crippen MR) is 75.7 cm³/mol. The summed E-state index contributed by atoms with van der Waals surface area (Å²) in [7, 11) is 0. The second kappa shape index (κ2) is 4.66. The lowest BCUT2D eigenvalue weighted by molar-refractivity contribution is 0.663. The highest BCUT2D eigenvalue weighted by Crippen LogP contribution is 2.46. The van der Waals surface area contributed by atoms with Gasteiger partial charge < -0.3 is 5.32 Å². The highest BCUT2D eigenvalue weighted by Gasteiger charge is 2.41. The van der Waals surface area contributed by atoms with Gasteiger partial charge in [0.1, 0.15) is 0 Å². The average molecular weight is 247 g/mol. The molecule has 17 heavy (non-hydrogen) atoms. The first kappa shape index (κ1) is 11.6. The number of hydrogen-bond donors (Lipinski definition) is 1. The number of thioether (sulfide) groups is 1. The van der Waals surface area contributed by atoms with Crippen LogP contribution in [0.5, 0.6) is 0 Å². The Balaban J connectivity index is 1.55. The lowest BCUT2D eigenvalue weighted by atomic mass is 10.1. The third kappa shape index (κ3) is 2.53. The minimum Gasteiger partial charge on any atom is -0.311 e. The molecule has 1 nitrogen and oxygen atoms in total. The van der Waals surface area contributed by atoms with E-state index in [2.05, 4.69) is 29.8 Å². The van der Waals surface area contributed by atoms with Gasteiger partial charge in [-0.3, -0.25) is 0 Å². The Kier molecular flexibility index (Phi) is 3.18. The molecule has 0 saturated heterocycles. The topological polar surface area (TPSA) is 12.0 Å². The lowest BCUT2D eigenvalue weighted by Crippen LogP contribution is -2.25. The fraction of sp³-hybridized carbons (Fsp3) is 0.600. The molecule has 1 saturated carbocycles. The van der Waals surface area contributed by atoms with Crippen molar-refractivity contribution >= 4 is 11.8 Å². The molecule has 0 bridgehead atoms. The van der Waals surface area contributed by atoms with Gasteiger partial charge in [-0.1, -0.05) is 18.2 Å². The monoisotopic (exact) mass is 247 g/mol. The Morgan fingerprint density at radius 2 is 2.06 bits per heavy atom. The van der Waals surface area contributed by atoms with Crippen molar-refractivity contribution in [3.8, 4) is 0 Å². The molecule has 2 aliphatic carbocycles. The largest absolute Gasteiger partial charge is 0.311 e. The number of hydrogen-bond acceptors (Lipinski definition) is 2. The minimum atomic E-state index is 0.580. The highest BCUT2D eigenvalue weighted by molar-refractivity contribution is 8.00. The summed E-state index contributed by atoms with van der Waals surface area (Å²) in [6.07, 6.45) is 8.96. The molecule has 92 valence electrons. The predicted octanol–water partition coefficient (Wildman–Crippen LogP) is 3.16. The van der Waals surface area contributed by atoms with Gasteiger partial charge in [-0.25, -0.2) is 0 Å². The zero-order valence-corrected chi connectivity index (χ0v) is 11.4. The Bertz CT molecular complexity index is 409. The molecule has 0 spiro atoms. The van der Waals surface area contributed by atoms with Crippen LogP contribution in [-0.4, -0.2) is 17.5 Å². The zero-order chi connectivity index (χ0) is 11.7. The third-order valence-corrected chi connectivity index (χ3v) is 5.60. The van der Waals surface area contributed by atoms with Crippen LogP contribution in [0.3, 0.4) is 0 Å².